The number of hydrogen-bond donors (Lipinski definition) is 1. The van der Waals surface area contributed by atoms with Gasteiger partial charge in [0.15, 0.2) is 11.6 Å². The van der Waals surface area contributed by atoms with Crippen LogP contribution in [0.15, 0.2) is 36.4 Å². The molecule has 2 rings (SSSR count). The van der Waals surface area contributed by atoms with Crippen molar-refractivity contribution in [2.75, 3.05) is 12.3 Å². The number of ether oxygens (including phenoxy) is 2. The van der Waals surface area contributed by atoms with Gasteiger partial charge in [-0.15, -0.1) is 0 Å². The molecule has 0 aliphatic carbocycles. The van der Waals surface area contributed by atoms with Crippen LogP contribution in [0.5, 0.6) is 11.5 Å². The molecule has 3 nitrogen and oxygen atoms in total. The van der Waals surface area contributed by atoms with E-state index in [1.807, 2.05) is 19.1 Å². The Morgan fingerprint density at radius 2 is 1.95 bits per heavy atom. The third kappa shape index (κ3) is 4.26. The van der Waals surface area contributed by atoms with Gasteiger partial charge < -0.3 is 15.2 Å². The molecule has 0 spiro atoms. The van der Waals surface area contributed by atoms with Gasteiger partial charge in [0, 0.05) is 17.2 Å². The zero-order chi connectivity index (χ0) is 15.2. The van der Waals surface area contributed by atoms with Crippen molar-refractivity contribution >= 4 is 17.3 Å². The first-order valence-electron chi connectivity index (χ1n) is 6.69. The van der Waals surface area contributed by atoms with Gasteiger partial charge in [-0.1, -0.05) is 30.7 Å². The highest BCUT2D eigenvalue weighted by atomic mass is 35.5. The predicted octanol–water partition coefficient (Wildman–Crippen LogP) is 4.43. The Morgan fingerprint density at radius 3 is 2.67 bits per heavy atom. The lowest BCUT2D eigenvalue weighted by atomic mass is 10.2. The van der Waals surface area contributed by atoms with Crippen LogP contribution < -0.4 is 15.2 Å². The van der Waals surface area contributed by atoms with E-state index < -0.39 is 5.82 Å². The number of nitrogen functional groups attached to an aromatic ring is 1. The van der Waals surface area contributed by atoms with Crippen LogP contribution in [0.2, 0.25) is 5.02 Å². The minimum absolute atomic E-state index is 0.146. The fraction of sp³-hybridized carbons (Fsp3) is 0.250. The molecule has 2 aromatic rings. The minimum atomic E-state index is -0.490. The number of halogens is 2. The van der Waals surface area contributed by atoms with Gasteiger partial charge in [-0.05, 0) is 24.1 Å². The molecule has 2 N–H and O–H groups in total. The number of nitrogens with two attached hydrogens (primary N) is 1. The van der Waals surface area contributed by atoms with Crippen molar-refractivity contribution in [2.24, 2.45) is 0 Å². The Labute approximate surface area is 128 Å². The van der Waals surface area contributed by atoms with Crippen LogP contribution in [-0.2, 0) is 6.61 Å². The summed E-state index contributed by atoms with van der Waals surface area (Å²) >= 11 is 5.91. The molecular weight excluding hydrogens is 293 g/mol. The molecule has 5 heteroatoms. The van der Waals surface area contributed by atoms with E-state index in [0.717, 1.165) is 12.0 Å². The summed E-state index contributed by atoms with van der Waals surface area (Å²) < 4.78 is 24.6. The molecule has 0 radical (unpaired) electrons. The fourth-order valence-electron chi connectivity index (χ4n) is 1.79. The molecule has 0 aliphatic heterocycles. The molecule has 0 amide bonds. The Bertz CT molecular complexity index is 619. The Morgan fingerprint density at radius 1 is 1.14 bits per heavy atom. The number of hydrogen-bond acceptors (Lipinski definition) is 3. The van der Waals surface area contributed by atoms with E-state index >= 15 is 0 Å². The Balaban J connectivity index is 2.11. The van der Waals surface area contributed by atoms with Gasteiger partial charge in [0.25, 0.3) is 0 Å². The van der Waals surface area contributed by atoms with Crippen molar-refractivity contribution in [3.05, 3.63) is 52.8 Å². The van der Waals surface area contributed by atoms with Gasteiger partial charge in [0.1, 0.15) is 12.4 Å². The van der Waals surface area contributed by atoms with E-state index in [-0.39, 0.29) is 11.4 Å². The zero-order valence-electron chi connectivity index (χ0n) is 11.7. The highest BCUT2D eigenvalue weighted by molar-refractivity contribution is 6.30. The minimum Gasteiger partial charge on any atom is -0.490 e. The summed E-state index contributed by atoms with van der Waals surface area (Å²) in [5.74, 6) is 0.0469. The van der Waals surface area contributed by atoms with Crippen LogP contribution >= 0.6 is 11.6 Å². The molecule has 0 saturated carbocycles. The standard InChI is InChI=1S/C16H17ClFNO2/c1-2-6-20-15-9-16(14(19)8-13(15)18)21-10-11-4-3-5-12(17)7-11/h3-5,7-9H,2,6,10,19H2,1H3. The van der Waals surface area contributed by atoms with E-state index in [9.17, 15) is 4.39 Å². The maximum absolute atomic E-state index is 13.7. The summed E-state index contributed by atoms with van der Waals surface area (Å²) in [6.45, 7) is 2.68. The highest BCUT2D eigenvalue weighted by Gasteiger charge is 2.10. The first-order valence-corrected chi connectivity index (χ1v) is 7.07. The lowest BCUT2D eigenvalue weighted by molar-refractivity contribution is 0.287. The summed E-state index contributed by atoms with van der Waals surface area (Å²) in [6.07, 6.45) is 0.794. The fourth-order valence-corrected chi connectivity index (χ4v) is 2.00. The lowest BCUT2D eigenvalue weighted by Gasteiger charge is -2.12. The van der Waals surface area contributed by atoms with Crippen molar-refractivity contribution in [3.8, 4) is 11.5 Å². The monoisotopic (exact) mass is 309 g/mol. The highest BCUT2D eigenvalue weighted by Crippen LogP contribution is 2.31. The van der Waals surface area contributed by atoms with Crippen molar-refractivity contribution in [1.82, 2.24) is 0 Å². The van der Waals surface area contributed by atoms with Gasteiger partial charge >= 0.3 is 0 Å². The van der Waals surface area contributed by atoms with Crippen molar-refractivity contribution in [3.63, 3.8) is 0 Å². The van der Waals surface area contributed by atoms with E-state index in [1.54, 1.807) is 12.1 Å². The third-order valence-corrected chi connectivity index (χ3v) is 3.04. The molecule has 0 aliphatic rings. The molecule has 0 bridgehead atoms. The van der Waals surface area contributed by atoms with Crippen LogP contribution in [0.25, 0.3) is 0 Å². The molecule has 2 aromatic carbocycles. The molecule has 0 saturated heterocycles. The normalized spacial score (nSPS) is 10.4. The van der Waals surface area contributed by atoms with Crippen LogP contribution in [0.1, 0.15) is 18.9 Å². The first kappa shape index (κ1) is 15.4. The molecule has 0 aromatic heterocycles. The van der Waals surface area contributed by atoms with Crippen LogP contribution in [0.3, 0.4) is 0 Å². The Kier molecular flexibility index (Phi) is 5.28. The average molecular weight is 310 g/mol. The molecule has 0 heterocycles. The number of benzene rings is 2. The molecule has 21 heavy (non-hydrogen) atoms. The summed E-state index contributed by atoms with van der Waals surface area (Å²) in [5, 5.41) is 0.634. The molecule has 0 unspecified atom stereocenters. The second-order valence-corrected chi connectivity index (χ2v) is 5.02. The molecular formula is C16H17ClFNO2. The van der Waals surface area contributed by atoms with Gasteiger partial charge in [-0.3, -0.25) is 0 Å². The van der Waals surface area contributed by atoms with E-state index in [4.69, 9.17) is 26.8 Å². The lowest BCUT2D eigenvalue weighted by Crippen LogP contribution is -2.02. The Hall–Kier alpha value is -1.94. The van der Waals surface area contributed by atoms with E-state index in [0.29, 0.717) is 24.0 Å². The first-order chi connectivity index (χ1) is 10.1. The largest absolute Gasteiger partial charge is 0.490 e. The molecule has 112 valence electrons. The SMILES string of the molecule is CCCOc1cc(OCc2cccc(Cl)c2)c(N)cc1F. The summed E-state index contributed by atoms with van der Waals surface area (Å²) in [7, 11) is 0. The summed E-state index contributed by atoms with van der Waals surface area (Å²) in [4.78, 5) is 0. The number of anilines is 1. The van der Waals surface area contributed by atoms with Crippen molar-refractivity contribution < 1.29 is 13.9 Å². The molecule has 0 fully saturated rings. The smallest absolute Gasteiger partial charge is 0.167 e. The average Bonchev–Trinajstić information content (AvgIpc) is 2.45. The van der Waals surface area contributed by atoms with Gasteiger partial charge in [-0.25, -0.2) is 4.39 Å². The van der Waals surface area contributed by atoms with Gasteiger partial charge in [0.05, 0.1) is 12.3 Å². The second kappa shape index (κ2) is 7.18. The zero-order valence-corrected chi connectivity index (χ0v) is 12.5. The maximum Gasteiger partial charge on any atom is 0.167 e. The predicted molar refractivity (Wildman–Crippen MR) is 82.4 cm³/mol. The third-order valence-electron chi connectivity index (χ3n) is 2.81. The topological polar surface area (TPSA) is 44.5 Å². The van der Waals surface area contributed by atoms with Crippen LogP contribution in [0, 0.1) is 5.82 Å². The van der Waals surface area contributed by atoms with E-state index in [2.05, 4.69) is 0 Å². The summed E-state index contributed by atoms with van der Waals surface area (Å²) in [6, 6.07) is 10.00. The van der Waals surface area contributed by atoms with Crippen molar-refractivity contribution in [2.45, 2.75) is 20.0 Å². The second-order valence-electron chi connectivity index (χ2n) is 4.59. The molecule has 0 atom stereocenters. The van der Waals surface area contributed by atoms with E-state index in [1.165, 1.54) is 12.1 Å². The maximum atomic E-state index is 13.7. The quantitative estimate of drug-likeness (QED) is 0.803. The number of rotatable bonds is 6. The van der Waals surface area contributed by atoms with Crippen LogP contribution in [-0.4, -0.2) is 6.61 Å². The van der Waals surface area contributed by atoms with Crippen molar-refractivity contribution in [1.29, 1.82) is 0 Å². The van der Waals surface area contributed by atoms with Gasteiger partial charge in [-0.2, -0.15) is 0 Å². The van der Waals surface area contributed by atoms with Crippen LogP contribution in [0.4, 0.5) is 10.1 Å². The van der Waals surface area contributed by atoms with Gasteiger partial charge in [0.2, 0.25) is 0 Å². The summed E-state index contributed by atoms with van der Waals surface area (Å²) in [5.41, 5.74) is 6.91.